The summed E-state index contributed by atoms with van der Waals surface area (Å²) < 4.78 is 0. The minimum Gasteiger partial charge on any atom is -0.481 e. The molecular formula is C16H32N2O3. The Bertz CT molecular complexity index is 317. The molecule has 21 heavy (non-hydrogen) atoms. The van der Waals surface area contributed by atoms with Crippen LogP contribution in [0.4, 0.5) is 0 Å². The van der Waals surface area contributed by atoms with E-state index in [0.717, 1.165) is 25.7 Å². The smallest absolute Gasteiger partial charge is 0.303 e. The lowest BCUT2D eigenvalue weighted by molar-refractivity contribution is -0.137. The van der Waals surface area contributed by atoms with Gasteiger partial charge in [0, 0.05) is 19.4 Å². The van der Waals surface area contributed by atoms with Crippen molar-refractivity contribution in [2.75, 3.05) is 13.1 Å². The molecule has 0 saturated carbocycles. The van der Waals surface area contributed by atoms with E-state index >= 15 is 0 Å². The predicted molar refractivity (Wildman–Crippen MR) is 85.0 cm³/mol. The van der Waals surface area contributed by atoms with Crippen LogP contribution >= 0.6 is 0 Å². The van der Waals surface area contributed by atoms with Crippen LogP contribution < -0.4 is 11.1 Å². The molecule has 0 aliphatic carbocycles. The van der Waals surface area contributed by atoms with Crippen molar-refractivity contribution in [2.24, 2.45) is 17.1 Å². The zero-order chi connectivity index (χ0) is 16.3. The molecule has 1 amide bonds. The van der Waals surface area contributed by atoms with Crippen LogP contribution in [0.5, 0.6) is 0 Å². The standard InChI is InChI=1S/C16H32N2O3/c1-4-13(8-11-17)5-6-14(19)18-12-10-16(2,3)9-7-15(20)21/h13H,4-12,17H2,1-3H3,(H,18,19)(H,20,21). The highest BCUT2D eigenvalue weighted by atomic mass is 16.4. The van der Waals surface area contributed by atoms with Gasteiger partial charge < -0.3 is 16.2 Å². The highest BCUT2D eigenvalue weighted by Crippen LogP contribution is 2.26. The topological polar surface area (TPSA) is 92.4 Å². The number of aliphatic carboxylic acids is 1. The molecule has 5 heteroatoms. The summed E-state index contributed by atoms with van der Waals surface area (Å²) in [4.78, 5) is 22.4. The summed E-state index contributed by atoms with van der Waals surface area (Å²) in [5.74, 6) is -0.148. The highest BCUT2D eigenvalue weighted by molar-refractivity contribution is 5.75. The fourth-order valence-electron chi connectivity index (χ4n) is 2.32. The summed E-state index contributed by atoms with van der Waals surface area (Å²) in [5.41, 5.74) is 5.49. The predicted octanol–water partition coefficient (Wildman–Crippen LogP) is 2.54. The van der Waals surface area contributed by atoms with Crippen molar-refractivity contribution in [3.8, 4) is 0 Å². The molecule has 0 aliphatic rings. The third-order valence-electron chi connectivity index (χ3n) is 4.07. The second-order valence-electron chi connectivity index (χ2n) is 6.55. The molecular weight excluding hydrogens is 268 g/mol. The maximum absolute atomic E-state index is 11.8. The van der Waals surface area contributed by atoms with Crippen molar-refractivity contribution in [3.63, 3.8) is 0 Å². The Morgan fingerprint density at radius 3 is 2.38 bits per heavy atom. The lowest BCUT2D eigenvalue weighted by Gasteiger charge is -2.24. The minimum absolute atomic E-state index is 0.0584. The normalized spacial score (nSPS) is 13.0. The number of carboxylic acid groups (broad SMARTS) is 1. The lowest BCUT2D eigenvalue weighted by atomic mass is 9.84. The van der Waals surface area contributed by atoms with Gasteiger partial charge in [-0.1, -0.05) is 27.2 Å². The molecule has 124 valence electrons. The fourth-order valence-corrected chi connectivity index (χ4v) is 2.32. The van der Waals surface area contributed by atoms with Gasteiger partial charge >= 0.3 is 5.97 Å². The molecule has 0 aromatic carbocycles. The summed E-state index contributed by atoms with van der Waals surface area (Å²) in [6.45, 7) is 7.49. The van der Waals surface area contributed by atoms with Gasteiger partial charge in [-0.25, -0.2) is 0 Å². The summed E-state index contributed by atoms with van der Waals surface area (Å²) in [5, 5.41) is 11.6. The minimum atomic E-state index is -0.766. The van der Waals surface area contributed by atoms with E-state index in [9.17, 15) is 9.59 Å². The van der Waals surface area contributed by atoms with Crippen LogP contribution in [0, 0.1) is 11.3 Å². The summed E-state index contributed by atoms with van der Waals surface area (Å²) in [7, 11) is 0. The van der Waals surface area contributed by atoms with E-state index in [1.807, 2.05) is 13.8 Å². The first-order valence-electron chi connectivity index (χ1n) is 7.99. The van der Waals surface area contributed by atoms with Crippen molar-refractivity contribution in [1.29, 1.82) is 0 Å². The van der Waals surface area contributed by atoms with E-state index in [4.69, 9.17) is 10.8 Å². The van der Waals surface area contributed by atoms with Gasteiger partial charge in [-0.2, -0.15) is 0 Å². The Kier molecular flexibility index (Phi) is 10.0. The molecule has 0 aromatic rings. The molecule has 0 fully saturated rings. The highest BCUT2D eigenvalue weighted by Gasteiger charge is 2.19. The van der Waals surface area contributed by atoms with Gasteiger partial charge in [0.05, 0.1) is 0 Å². The molecule has 0 aromatic heterocycles. The summed E-state index contributed by atoms with van der Waals surface area (Å²) >= 11 is 0. The number of amides is 1. The Balaban J connectivity index is 3.85. The van der Waals surface area contributed by atoms with Crippen molar-refractivity contribution in [3.05, 3.63) is 0 Å². The Labute approximate surface area is 128 Å². The first kappa shape index (κ1) is 19.9. The Hall–Kier alpha value is -1.10. The Morgan fingerprint density at radius 2 is 1.86 bits per heavy atom. The molecule has 5 nitrogen and oxygen atoms in total. The lowest BCUT2D eigenvalue weighted by Crippen LogP contribution is -2.28. The number of carboxylic acids is 1. The summed E-state index contributed by atoms with van der Waals surface area (Å²) in [6.07, 6.45) is 5.09. The molecule has 0 bridgehead atoms. The zero-order valence-corrected chi connectivity index (χ0v) is 13.8. The molecule has 0 aliphatic heterocycles. The van der Waals surface area contributed by atoms with Crippen LogP contribution in [-0.2, 0) is 9.59 Å². The largest absolute Gasteiger partial charge is 0.481 e. The third kappa shape index (κ3) is 11.3. The average molecular weight is 300 g/mol. The van der Waals surface area contributed by atoms with E-state index in [0.29, 0.717) is 31.8 Å². The number of carbonyl (C=O) groups excluding carboxylic acids is 1. The van der Waals surface area contributed by atoms with Crippen molar-refractivity contribution < 1.29 is 14.7 Å². The van der Waals surface area contributed by atoms with Crippen LogP contribution in [0.25, 0.3) is 0 Å². The molecule has 1 unspecified atom stereocenters. The molecule has 1 atom stereocenters. The van der Waals surface area contributed by atoms with Gasteiger partial charge in [0.2, 0.25) is 5.91 Å². The number of nitrogens with one attached hydrogen (secondary N) is 1. The number of hydrogen-bond donors (Lipinski definition) is 3. The monoisotopic (exact) mass is 300 g/mol. The van der Waals surface area contributed by atoms with E-state index in [1.165, 1.54) is 0 Å². The van der Waals surface area contributed by atoms with Crippen molar-refractivity contribution in [2.45, 2.75) is 65.7 Å². The SMILES string of the molecule is CCC(CCN)CCC(=O)NCCC(C)(C)CCC(=O)O. The quantitative estimate of drug-likeness (QED) is 0.516. The van der Waals surface area contributed by atoms with E-state index in [-0.39, 0.29) is 17.7 Å². The maximum Gasteiger partial charge on any atom is 0.303 e. The van der Waals surface area contributed by atoms with Crippen LogP contribution in [0.15, 0.2) is 0 Å². The van der Waals surface area contributed by atoms with E-state index < -0.39 is 5.97 Å². The molecule has 0 saturated heterocycles. The maximum atomic E-state index is 11.8. The molecule has 0 heterocycles. The Morgan fingerprint density at radius 1 is 1.19 bits per heavy atom. The molecule has 0 spiro atoms. The van der Waals surface area contributed by atoms with Crippen molar-refractivity contribution >= 4 is 11.9 Å². The van der Waals surface area contributed by atoms with Crippen LogP contribution in [0.1, 0.15) is 65.7 Å². The summed E-state index contributed by atoms with van der Waals surface area (Å²) in [6, 6.07) is 0. The van der Waals surface area contributed by atoms with Gasteiger partial charge in [0.25, 0.3) is 0 Å². The second-order valence-corrected chi connectivity index (χ2v) is 6.55. The molecule has 4 N–H and O–H groups in total. The first-order chi connectivity index (χ1) is 9.80. The number of carbonyl (C=O) groups is 2. The van der Waals surface area contributed by atoms with Crippen LogP contribution in [-0.4, -0.2) is 30.1 Å². The third-order valence-corrected chi connectivity index (χ3v) is 4.07. The molecule has 0 rings (SSSR count). The van der Waals surface area contributed by atoms with Crippen LogP contribution in [0.2, 0.25) is 0 Å². The van der Waals surface area contributed by atoms with E-state index in [1.54, 1.807) is 0 Å². The number of nitrogens with two attached hydrogens (primary N) is 1. The van der Waals surface area contributed by atoms with Crippen LogP contribution in [0.3, 0.4) is 0 Å². The second kappa shape index (κ2) is 10.6. The van der Waals surface area contributed by atoms with Gasteiger partial charge in [-0.05, 0) is 43.6 Å². The number of rotatable bonds is 12. The molecule has 0 radical (unpaired) electrons. The fraction of sp³-hybridized carbons (Fsp3) is 0.875. The van der Waals surface area contributed by atoms with Crippen molar-refractivity contribution in [1.82, 2.24) is 5.32 Å². The van der Waals surface area contributed by atoms with E-state index in [2.05, 4.69) is 12.2 Å². The zero-order valence-electron chi connectivity index (χ0n) is 13.8. The van der Waals surface area contributed by atoms with Gasteiger partial charge in [-0.15, -0.1) is 0 Å². The first-order valence-corrected chi connectivity index (χ1v) is 7.99. The number of hydrogen-bond acceptors (Lipinski definition) is 3. The average Bonchev–Trinajstić information content (AvgIpc) is 2.41. The van der Waals surface area contributed by atoms with Gasteiger partial charge in [0.15, 0.2) is 0 Å². The van der Waals surface area contributed by atoms with Gasteiger partial charge in [0.1, 0.15) is 0 Å². The van der Waals surface area contributed by atoms with Gasteiger partial charge in [-0.3, -0.25) is 9.59 Å².